The molecule has 0 saturated heterocycles. The first kappa shape index (κ1) is 24.6. The number of ether oxygens (including phenoxy) is 1. The van der Waals surface area contributed by atoms with Crippen molar-refractivity contribution in [2.45, 2.75) is 23.1 Å². The van der Waals surface area contributed by atoms with Gasteiger partial charge in [-0.1, -0.05) is 59.1 Å². The van der Waals surface area contributed by atoms with Gasteiger partial charge in [-0.05, 0) is 82.4 Å². The smallest absolute Gasteiger partial charge is 0.309 e. The molecule has 0 N–H and O–H groups in total. The first-order valence-corrected chi connectivity index (χ1v) is 12.8. The molecular weight excluding hydrogens is 515 g/mol. The van der Waals surface area contributed by atoms with Crippen LogP contribution in [0.1, 0.15) is 11.1 Å². The molecule has 34 heavy (non-hydrogen) atoms. The van der Waals surface area contributed by atoms with Crippen molar-refractivity contribution in [3.05, 3.63) is 92.9 Å². The van der Waals surface area contributed by atoms with Crippen molar-refractivity contribution in [1.82, 2.24) is 0 Å². The molecule has 0 aliphatic heterocycles. The van der Waals surface area contributed by atoms with E-state index in [0.717, 1.165) is 33.0 Å². The Labute approximate surface area is 212 Å². The van der Waals surface area contributed by atoms with E-state index < -0.39 is 9.84 Å². The van der Waals surface area contributed by atoms with E-state index in [0.29, 0.717) is 5.02 Å². The lowest BCUT2D eigenvalue weighted by Crippen LogP contribution is -2.07. The van der Waals surface area contributed by atoms with Gasteiger partial charge in [0.1, 0.15) is 0 Å². The second-order valence-corrected chi connectivity index (χ2v) is 11.0. The number of fused-ring (bicyclic) bond motifs is 1. The predicted octanol–water partition coefficient (Wildman–Crippen LogP) is 7.32. The lowest BCUT2D eigenvalue weighted by Gasteiger charge is -2.16. The van der Waals surface area contributed by atoms with Crippen molar-refractivity contribution >= 4 is 61.4 Å². The number of carbonyl (C=O) groups is 1. The maximum Gasteiger partial charge on any atom is 0.309 e. The summed E-state index contributed by atoms with van der Waals surface area (Å²) in [5.41, 5.74) is 3.37. The summed E-state index contributed by atoms with van der Waals surface area (Å²) in [4.78, 5) is 12.1. The fourth-order valence-corrected chi connectivity index (χ4v) is 6.09. The van der Waals surface area contributed by atoms with Gasteiger partial charge in [-0.2, -0.15) is 0 Å². The molecular formula is C26H19Cl3O4S. The van der Waals surface area contributed by atoms with Crippen LogP contribution in [-0.2, 0) is 25.8 Å². The van der Waals surface area contributed by atoms with Crippen molar-refractivity contribution < 1.29 is 17.9 Å². The Hall–Kier alpha value is -2.57. The van der Waals surface area contributed by atoms with Gasteiger partial charge in [0.15, 0.2) is 0 Å². The van der Waals surface area contributed by atoms with E-state index in [9.17, 15) is 13.2 Å². The summed E-state index contributed by atoms with van der Waals surface area (Å²) in [7, 11) is -2.47. The van der Waals surface area contributed by atoms with Crippen molar-refractivity contribution in [2.24, 2.45) is 0 Å². The molecule has 0 amide bonds. The molecule has 0 fully saturated rings. The van der Waals surface area contributed by atoms with E-state index in [2.05, 4.69) is 0 Å². The molecule has 4 nitrogen and oxygen atoms in total. The van der Waals surface area contributed by atoms with E-state index >= 15 is 0 Å². The van der Waals surface area contributed by atoms with Gasteiger partial charge in [-0.25, -0.2) is 8.42 Å². The monoisotopic (exact) mass is 532 g/mol. The van der Waals surface area contributed by atoms with Crippen LogP contribution in [0.3, 0.4) is 0 Å². The number of halogens is 3. The van der Waals surface area contributed by atoms with Crippen LogP contribution < -0.4 is 0 Å². The molecule has 4 aromatic carbocycles. The number of methoxy groups -OCH3 is 1. The number of hydrogen-bond acceptors (Lipinski definition) is 4. The average Bonchev–Trinajstić information content (AvgIpc) is 2.79. The number of esters is 1. The Kier molecular flexibility index (Phi) is 6.92. The van der Waals surface area contributed by atoms with Crippen molar-refractivity contribution in [3.8, 4) is 11.1 Å². The van der Waals surface area contributed by atoms with E-state index in [4.69, 9.17) is 39.5 Å². The normalized spacial score (nSPS) is 11.6. The van der Waals surface area contributed by atoms with Gasteiger partial charge in [-0.3, -0.25) is 4.79 Å². The van der Waals surface area contributed by atoms with Gasteiger partial charge in [0.25, 0.3) is 0 Å². The molecule has 0 spiro atoms. The van der Waals surface area contributed by atoms with Crippen LogP contribution in [0.2, 0.25) is 15.1 Å². The molecule has 0 saturated carbocycles. The number of benzene rings is 4. The molecule has 8 heteroatoms. The van der Waals surface area contributed by atoms with E-state index in [1.54, 1.807) is 30.3 Å². The van der Waals surface area contributed by atoms with E-state index in [1.165, 1.54) is 25.3 Å². The van der Waals surface area contributed by atoms with Crippen LogP contribution in [0.25, 0.3) is 21.9 Å². The summed E-state index contributed by atoms with van der Waals surface area (Å²) < 4.78 is 31.1. The largest absolute Gasteiger partial charge is 0.469 e. The molecule has 0 bridgehead atoms. The number of carbonyl (C=O) groups excluding carboxylic acids is 1. The highest BCUT2D eigenvalue weighted by atomic mass is 35.5. The molecule has 174 valence electrons. The number of hydrogen-bond donors (Lipinski definition) is 0. The molecule has 0 aliphatic carbocycles. The van der Waals surface area contributed by atoms with Crippen LogP contribution in [0.15, 0.2) is 76.5 Å². The quantitative estimate of drug-likeness (QED) is 0.252. The van der Waals surface area contributed by atoms with Gasteiger partial charge in [0.05, 0.1) is 23.3 Å². The molecule has 0 unspecified atom stereocenters. The topological polar surface area (TPSA) is 60.4 Å². The summed E-state index contributed by atoms with van der Waals surface area (Å²) in [5.74, 6) is -0.344. The van der Waals surface area contributed by atoms with Gasteiger partial charge >= 0.3 is 5.97 Å². The Morgan fingerprint density at radius 1 is 0.824 bits per heavy atom. The SMILES string of the molecule is COC(=O)Cc1cc2ccc(Cl)cc2c(-c2ccc(S(=O)(=O)c3cc(Cl)cc(Cl)c3)cc2)c1C. The third kappa shape index (κ3) is 4.80. The number of rotatable bonds is 5. The molecule has 4 aromatic rings. The van der Waals surface area contributed by atoms with Gasteiger partial charge in [0, 0.05) is 15.1 Å². The third-order valence-corrected chi connectivity index (χ3v) is 8.05. The minimum atomic E-state index is -3.82. The van der Waals surface area contributed by atoms with Gasteiger partial charge in [-0.15, -0.1) is 0 Å². The van der Waals surface area contributed by atoms with E-state index in [1.807, 2.05) is 25.1 Å². The van der Waals surface area contributed by atoms with Crippen molar-refractivity contribution in [3.63, 3.8) is 0 Å². The number of sulfone groups is 1. The standard InChI is InChI=1S/C26H19Cl3O4S/c1-15-18(10-25(30)33-2)9-17-3-6-19(27)14-24(17)26(15)16-4-7-22(8-5-16)34(31,32)23-12-20(28)11-21(29)13-23/h3-9,11-14H,10H2,1-2H3. The first-order chi connectivity index (χ1) is 16.1. The summed E-state index contributed by atoms with van der Waals surface area (Å²) in [6.07, 6.45) is 0.121. The molecule has 0 atom stereocenters. The summed E-state index contributed by atoms with van der Waals surface area (Å²) >= 11 is 18.3. The lowest BCUT2D eigenvalue weighted by atomic mass is 9.89. The molecule has 0 radical (unpaired) electrons. The van der Waals surface area contributed by atoms with Crippen molar-refractivity contribution in [2.75, 3.05) is 7.11 Å². The fraction of sp³-hybridized carbons (Fsp3) is 0.115. The Balaban J connectivity index is 1.86. The Morgan fingerprint density at radius 3 is 2.09 bits per heavy atom. The highest BCUT2D eigenvalue weighted by molar-refractivity contribution is 7.91. The average molecular weight is 534 g/mol. The van der Waals surface area contributed by atoms with Crippen LogP contribution >= 0.6 is 34.8 Å². The maximum absolute atomic E-state index is 13.1. The van der Waals surface area contributed by atoms with Crippen LogP contribution in [0, 0.1) is 6.92 Å². The molecule has 0 aliphatic rings. The van der Waals surface area contributed by atoms with Crippen LogP contribution in [0.4, 0.5) is 0 Å². The van der Waals surface area contributed by atoms with Crippen LogP contribution in [-0.4, -0.2) is 21.5 Å². The summed E-state index contributed by atoms with van der Waals surface area (Å²) in [6, 6.07) is 18.3. The summed E-state index contributed by atoms with van der Waals surface area (Å²) in [6.45, 7) is 1.92. The molecule has 0 heterocycles. The minimum absolute atomic E-state index is 0.0197. The minimum Gasteiger partial charge on any atom is -0.469 e. The maximum atomic E-state index is 13.1. The van der Waals surface area contributed by atoms with Gasteiger partial charge < -0.3 is 4.74 Å². The molecule has 0 aromatic heterocycles. The lowest BCUT2D eigenvalue weighted by molar-refractivity contribution is -0.139. The van der Waals surface area contributed by atoms with Crippen molar-refractivity contribution in [1.29, 1.82) is 0 Å². The zero-order valence-corrected chi connectivity index (χ0v) is 21.3. The second kappa shape index (κ2) is 9.59. The Morgan fingerprint density at radius 2 is 1.47 bits per heavy atom. The predicted molar refractivity (Wildman–Crippen MR) is 137 cm³/mol. The highest BCUT2D eigenvalue weighted by Crippen LogP contribution is 2.37. The zero-order chi connectivity index (χ0) is 24.6. The summed E-state index contributed by atoms with van der Waals surface area (Å²) in [5, 5.41) is 2.86. The van der Waals surface area contributed by atoms with Gasteiger partial charge in [0.2, 0.25) is 9.84 Å². The first-order valence-electron chi connectivity index (χ1n) is 10.2. The fourth-order valence-electron chi connectivity index (χ4n) is 3.93. The zero-order valence-electron chi connectivity index (χ0n) is 18.2. The highest BCUT2D eigenvalue weighted by Gasteiger charge is 2.20. The Bertz CT molecular complexity index is 1510. The van der Waals surface area contributed by atoms with Crippen LogP contribution in [0.5, 0.6) is 0 Å². The molecule has 4 rings (SSSR count). The second-order valence-electron chi connectivity index (χ2n) is 7.79. The third-order valence-electron chi connectivity index (χ3n) is 5.63. The van der Waals surface area contributed by atoms with E-state index in [-0.39, 0.29) is 32.2 Å².